The van der Waals surface area contributed by atoms with E-state index in [0.717, 1.165) is 16.8 Å². The van der Waals surface area contributed by atoms with Crippen molar-refractivity contribution in [1.82, 2.24) is 10.2 Å². The number of carbonyl (C=O) groups excluding carboxylic acids is 2. The fourth-order valence-corrected chi connectivity index (χ4v) is 2.63. The predicted molar refractivity (Wildman–Crippen MR) is 101 cm³/mol. The van der Waals surface area contributed by atoms with Crippen LogP contribution in [-0.4, -0.2) is 37.4 Å². The summed E-state index contributed by atoms with van der Waals surface area (Å²) in [7, 11) is 3.47. The molecule has 0 aliphatic heterocycles. The monoisotopic (exact) mass is 359 g/mol. The molecule has 2 N–H and O–H groups in total. The van der Waals surface area contributed by atoms with Crippen LogP contribution in [0.3, 0.4) is 0 Å². The van der Waals surface area contributed by atoms with Crippen molar-refractivity contribution >= 4 is 29.1 Å². The van der Waals surface area contributed by atoms with Gasteiger partial charge in [0, 0.05) is 29.9 Å². The third-order valence-corrected chi connectivity index (χ3v) is 4.26. The second-order valence-electron chi connectivity index (χ2n) is 5.91. The Hall–Kier alpha value is -2.37. The lowest BCUT2D eigenvalue weighted by molar-refractivity contribution is -0.117. The van der Waals surface area contributed by atoms with Crippen molar-refractivity contribution in [1.29, 1.82) is 0 Å². The van der Waals surface area contributed by atoms with E-state index >= 15 is 0 Å². The van der Waals surface area contributed by atoms with Crippen LogP contribution in [0.5, 0.6) is 0 Å². The predicted octanol–water partition coefficient (Wildman–Crippen LogP) is 3.08. The molecule has 2 amide bonds. The number of hydrogen-bond donors (Lipinski definition) is 2. The van der Waals surface area contributed by atoms with Gasteiger partial charge < -0.3 is 10.6 Å². The van der Waals surface area contributed by atoms with Crippen molar-refractivity contribution < 1.29 is 9.59 Å². The number of carbonyl (C=O) groups is 2. The minimum Gasteiger partial charge on any atom is -0.355 e. The molecular formula is C19H22ClN3O2. The van der Waals surface area contributed by atoms with Gasteiger partial charge in [-0.2, -0.15) is 0 Å². The first kappa shape index (κ1) is 19.0. The van der Waals surface area contributed by atoms with Gasteiger partial charge in [0.1, 0.15) is 0 Å². The topological polar surface area (TPSA) is 61.4 Å². The van der Waals surface area contributed by atoms with Crippen molar-refractivity contribution in [2.24, 2.45) is 0 Å². The van der Waals surface area contributed by atoms with Gasteiger partial charge in [-0.3, -0.25) is 14.5 Å². The van der Waals surface area contributed by atoms with Gasteiger partial charge >= 0.3 is 0 Å². The van der Waals surface area contributed by atoms with Gasteiger partial charge in [0.15, 0.2) is 0 Å². The molecule has 0 aromatic heterocycles. The zero-order valence-electron chi connectivity index (χ0n) is 14.6. The maximum absolute atomic E-state index is 12.2. The molecule has 0 spiro atoms. The second-order valence-corrected chi connectivity index (χ2v) is 6.32. The van der Waals surface area contributed by atoms with Crippen LogP contribution in [0, 0.1) is 6.92 Å². The summed E-state index contributed by atoms with van der Waals surface area (Å²) in [6.07, 6.45) is 0. The van der Waals surface area contributed by atoms with E-state index in [1.165, 1.54) is 0 Å². The molecule has 2 aromatic carbocycles. The smallest absolute Gasteiger partial charge is 0.251 e. The summed E-state index contributed by atoms with van der Waals surface area (Å²) < 4.78 is 0. The Morgan fingerprint density at radius 3 is 2.44 bits per heavy atom. The van der Waals surface area contributed by atoms with Gasteiger partial charge in [-0.1, -0.05) is 29.8 Å². The van der Waals surface area contributed by atoms with Gasteiger partial charge in [0.2, 0.25) is 5.91 Å². The minimum absolute atomic E-state index is 0.102. The second kappa shape index (κ2) is 8.65. The lowest BCUT2D eigenvalue weighted by Crippen LogP contribution is -2.30. The Balaban J connectivity index is 1.91. The Morgan fingerprint density at radius 2 is 1.80 bits per heavy atom. The Kier molecular flexibility index (Phi) is 6.56. The van der Waals surface area contributed by atoms with E-state index in [-0.39, 0.29) is 18.4 Å². The number of benzene rings is 2. The highest BCUT2D eigenvalue weighted by molar-refractivity contribution is 6.31. The van der Waals surface area contributed by atoms with E-state index in [4.69, 9.17) is 11.6 Å². The Bertz CT molecular complexity index is 760. The highest BCUT2D eigenvalue weighted by atomic mass is 35.5. The molecule has 5 nitrogen and oxygen atoms in total. The average Bonchev–Trinajstić information content (AvgIpc) is 2.58. The molecule has 6 heteroatoms. The number of nitrogens with one attached hydrogen (secondary N) is 2. The van der Waals surface area contributed by atoms with Gasteiger partial charge in [0.25, 0.3) is 5.91 Å². The summed E-state index contributed by atoms with van der Waals surface area (Å²) >= 11 is 6.07. The molecule has 0 saturated heterocycles. The highest BCUT2D eigenvalue weighted by Crippen LogP contribution is 2.22. The SMILES string of the molecule is CNC(=O)c1ccc(CN(C)CC(=O)Nc2cccc(Cl)c2C)cc1. The van der Waals surface area contributed by atoms with Crippen LogP contribution >= 0.6 is 11.6 Å². The van der Waals surface area contributed by atoms with Crippen LogP contribution in [0.1, 0.15) is 21.5 Å². The van der Waals surface area contributed by atoms with Crippen molar-refractivity contribution in [3.63, 3.8) is 0 Å². The standard InChI is InChI=1S/C19H22ClN3O2/c1-13-16(20)5-4-6-17(13)22-18(24)12-23(3)11-14-7-9-15(10-8-14)19(25)21-2/h4-10H,11-12H2,1-3H3,(H,21,25)(H,22,24). The zero-order chi connectivity index (χ0) is 18.4. The lowest BCUT2D eigenvalue weighted by atomic mass is 10.1. The fraction of sp³-hybridized carbons (Fsp3) is 0.263. The van der Waals surface area contributed by atoms with E-state index in [1.807, 2.05) is 43.1 Å². The molecule has 0 heterocycles. The molecule has 2 aromatic rings. The van der Waals surface area contributed by atoms with E-state index in [1.54, 1.807) is 25.2 Å². The molecule has 0 aliphatic carbocycles. The summed E-state index contributed by atoms with van der Waals surface area (Å²) in [5.74, 6) is -0.217. The Morgan fingerprint density at radius 1 is 1.12 bits per heavy atom. The van der Waals surface area contributed by atoms with Crippen LogP contribution in [0.15, 0.2) is 42.5 Å². The first-order valence-electron chi connectivity index (χ1n) is 7.95. The molecule has 0 bridgehead atoms. The van der Waals surface area contributed by atoms with Gasteiger partial charge in [-0.05, 0) is 49.4 Å². The summed E-state index contributed by atoms with van der Waals surface area (Å²) in [6.45, 7) is 2.73. The highest BCUT2D eigenvalue weighted by Gasteiger charge is 2.10. The minimum atomic E-state index is -0.115. The maximum atomic E-state index is 12.2. The average molecular weight is 360 g/mol. The number of hydrogen-bond acceptors (Lipinski definition) is 3. The van der Waals surface area contributed by atoms with Crippen molar-refractivity contribution in [3.05, 3.63) is 64.2 Å². The quantitative estimate of drug-likeness (QED) is 0.833. The number of likely N-dealkylation sites (N-methyl/N-ethyl adjacent to an activating group) is 1. The first-order chi connectivity index (χ1) is 11.9. The van der Waals surface area contributed by atoms with E-state index in [2.05, 4.69) is 10.6 Å². The van der Waals surface area contributed by atoms with Crippen LogP contribution in [0.2, 0.25) is 5.02 Å². The third-order valence-electron chi connectivity index (χ3n) is 3.85. The van der Waals surface area contributed by atoms with Crippen molar-refractivity contribution in [3.8, 4) is 0 Å². The number of amides is 2. The molecular weight excluding hydrogens is 338 g/mol. The van der Waals surface area contributed by atoms with E-state index in [0.29, 0.717) is 17.1 Å². The Labute approximate surface area is 153 Å². The number of nitrogens with zero attached hydrogens (tertiary/aromatic N) is 1. The number of rotatable bonds is 6. The summed E-state index contributed by atoms with van der Waals surface area (Å²) in [5.41, 5.74) is 3.22. The maximum Gasteiger partial charge on any atom is 0.251 e. The molecule has 0 fully saturated rings. The largest absolute Gasteiger partial charge is 0.355 e. The summed E-state index contributed by atoms with van der Waals surface area (Å²) in [5, 5.41) is 6.10. The van der Waals surface area contributed by atoms with Crippen LogP contribution in [0.25, 0.3) is 0 Å². The van der Waals surface area contributed by atoms with Gasteiger partial charge in [-0.15, -0.1) is 0 Å². The lowest BCUT2D eigenvalue weighted by Gasteiger charge is -2.17. The molecule has 2 rings (SSSR count). The molecule has 0 radical (unpaired) electrons. The van der Waals surface area contributed by atoms with Gasteiger partial charge in [-0.25, -0.2) is 0 Å². The number of anilines is 1. The molecule has 0 aliphatic rings. The zero-order valence-corrected chi connectivity index (χ0v) is 15.4. The fourth-order valence-electron chi connectivity index (χ4n) is 2.45. The normalized spacial score (nSPS) is 10.6. The molecule has 132 valence electrons. The summed E-state index contributed by atoms with van der Waals surface area (Å²) in [6, 6.07) is 12.8. The van der Waals surface area contributed by atoms with Crippen molar-refractivity contribution in [2.75, 3.05) is 26.0 Å². The van der Waals surface area contributed by atoms with Crippen molar-refractivity contribution in [2.45, 2.75) is 13.5 Å². The first-order valence-corrected chi connectivity index (χ1v) is 8.33. The van der Waals surface area contributed by atoms with Crippen LogP contribution in [0.4, 0.5) is 5.69 Å². The van der Waals surface area contributed by atoms with E-state index < -0.39 is 0 Å². The van der Waals surface area contributed by atoms with Crippen LogP contribution < -0.4 is 10.6 Å². The van der Waals surface area contributed by atoms with Gasteiger partial charge in [0.05, 0.1) is 6.54 Å². The van der Waals surface area contributed by atoms with E-state index in [9.17, 15) is 9.59 Å². The van der Waals surface area contributed by atoms with Crippen LogP contribution in [-0.2, 0) is 11.3 Å². The third kappa shape index (κ3) is 5.31. The molecule has 0 atom stereocenters. The molecule has 0 saturated carbocycles. The molecule has 25 heavy (non-hydrogen) atoms. The molecule has 0 unspecified atom stereocenters. The number of halogens is 1. The summed E-state index contributed by atoms with van der Waals surface area (Å²) in [4.78, 5) is 25.7.